The van der Waals surface area contributed by atoms with Gasteiger partial charge in [0.05, 0.1) is 18.9 Å². The lowest BCUT2D eigenvalue weighted by molar-refractivity contribution is -0.119. The number of carbonyl (C=O) groups is 2. The number of amides is 1. The Labute approximate surface area is 259 Å². The summed E-state index contributed by atoms with van der Waals surface area (Å²) in [6, 6.07) is 3.52. The molecule has 1 N–H and O–H groups in total. The standard InChI is InChI=1S/C27H34ClN5O2S.C5H10O/c1-6-17-10-19(15(2)3)11-18(17)7-8-25-32-33-27(36-25)31-26(34)22-13-29-16(4)9-20(22)21-12-24(28)30-14-23(21)35-5;1-4(2)5(3)6/h9,12-15,17-19H,6-8,10-11H2,1-5H3,(H,31,33,34);4H,1-3H3. The van der Waals surface area contributed by atoms with Gasteiger partial charge in [0.2, 0.25) is 5.13 Å². The van der Waals surface area contributed by atoms with E-state index in [-0.39, 0.29) is 17.6 Å². The summed E-state index contributed by atoms with van der Waals surface area (Å²) in [5.41, 5.74) is 2.51. The number of nitrogens with one attached hydrogen (secondary N) is 1. The van der Waals surface area contributed by atoms with Crippen LogP contribution in [0.25, 0.3) is 11.1 Å². The Kier molecular flexibility index (Phi) is 12.4. The number of hydrogen-bond acceptors (Lipinski definition) is 8. The number of carbonyl (C=O) groups excluding carboxylic acids is 2. The summed E-state index contributed by atoms with van der Waals surface area (Å²) >= 11 is 7.59. The van der Waals surface area contributed by atoms with Gasteiger partial charge in [-0.1, -0.05) is 64.0 Å². The third kappa shape index (κ3) is 9.04. The van der Waals surface area contributed by atoms with Gasteiger partial charge in [-0.15, -0.1) is 10.2 Å². The molecule has 8 nitrogen and oxygen atoms in total. The Morgan fingerprint density at radius 1 is 1.07 bits per heavy atom. The van der Waals surface area contributed by atoms with Crippen molar-refractivity contribution >= 4 is 39.8 Å². The number of hydrogen-bond donors (Lipinski definition) is 1. The third-order valence-corrected chi connectivity index (χ3v) is 9.31. The highest BCUT2D eigenvalue weighted by molar-refractivity contribution is 7.15. The van der Waals surface area contributed by atoms with E-state index in [1.165, 1.54) is 30.6 Å². The molecule has 0 bridgehead atoms. The average Bonchev–Trinajstić information content (AvgIpc) is 3.58. The van der Waals surface area contributed by atoms with Gasteiger partial charge < -0.3 is 4.74 Å². The predicted octanol–water partition coefficient (Wildman–Crippen LogP) is 8.09. The first-order chi connectivity index (χ1) is 19.9. The molecule has 228 valence electrons. The van der Waals surface area contributed by atoms with Crippen LogP contribution < -0.4 is 10.1 Å². The smallest absolute Gasteiger partial charge is 0.259 e. The summed E-state index contributed by atoms with van der Waals surface area (Å²) < 4.78 is 5.46. The van der Waals surface area contributed by atoms with Crippen LogP contribution in [-0.4, -0.2) is 39.0 Å². The number of pyridine rings is 2. The number of aryl methyl sites for hydroxylation is 2. The van der Waals surface area contributed by atoms with Gasteiger partial charge in [-0.3, -0.25) is 19.9 Å². The van der Waals surface area contributed by atoms with Gasteiger partial charge >= 0.3 is 0 Å². The van der Waals surface area contributed by atoms with Crippen molar-refractivity contribution in [1.29, 1.82) is 0 Å². The predicted molar refractivity (Wildman–Crippen MR) is 170 cm³/mol. The lowest BCUT2D eigenvalue weighted by Crippen LogP contribution is -2.14. The maximum absolute atomic E-state index is 13.3. The first-order valence-corrected chi connectivity index (χ1v) is 15.9. The molecule has 1 aliphatic rings. The van der Waals surface area contributed by atoms with Crippen LogP contribution in [0.15, 0.2) is 24.5 Å². The van der Waals surface area contributed by atoms with Gasteiger partial charge in [0.1, 0.15) is 21.7 Å². The van der Waals surface area contributed by atoms with Crippen molar-refractivity contribution in [2.24, 2.45) is 29.6 Å². The topological polar surface area (TPSA) is 107 Å². The van der Waals surface area contributed by atoms with Gasteiger partial charge in [0.25, 0.3) is 5.91 Å². The van der Waals surface area contributed by atoms with Gasteiger partial charge in [-0.05, 0) is 68.9 Å². The van der Waals surface area contributed by atoms with Crippen molar-refractivity contribution in [3.05, 3.63) is 45.9 Å². The normalized spacial score (nSPS) is 18.1. The number of aromatic nitrogens is 4. The monoisotopic (exact) mass is 613 g/mol. The summed E-state index contributed by atoms with van der Waals surface area (Å²) in [5, 5.41) is 13.3. The maximum Gasteiger partial charge on any atom is 0.259 e. The molecule has 1 saturated carbocycles. The van der Waals surface area contributed by atoms with Crippen LogP contribution in [0.4, 0.5) is 5.13 Å². The zero-order valence-electron chi connectivity index (χ0n) is 26.0. The molecule has 1 fully saturated rings. The number of rotatable bonds is 10. The number of anilines is 1. The second-order valence-electron chi connectivity index (χ2n) is 11.7. The Bertz CT molecular complexity index is 1360. The molecule has 3 atom stereocenters. The van der Waals surface area contributed by atoms with Crippen LogP contribution in [-0.2, 0) is 11.2 Å². The summed E-state index contributed by atoms with van der Waals surface area (Å²) in [4.78, 5) is 31.8. The summed E-state index contributed by atoms with van der Waals surface area (Å²) in [6.45, 7) is 14.2. The zero-order valence-corrected chi connectivity index (χ0v) is 27.6. The van der Waals surface area contributed by atoms with Crippen LogP contribution in [0, 0.1) is 36.5 Å². The number of ether oxygens (including phenoxy) is 1. The Balaban J connectivity index is 0.000000730. The van der Waals surface area contributed by atoms with Crippen LogP contribution >= 0.6 is 22.9 Å². The molecule has 4 rings (SSSR count). The maximum atomic E-state index is 13.3. The highest BCUT2D eigenvalue weighted by Crippen LogP contribution is 2.44. The van der Waals surface area contributed by atoms with E-state index < -0.39 is 0 Å². The van der Waals surface area contributed by atoms with E-state index in [1.807, 2.05) is 26.8 Å². The molecule has 3 unspecified atom stereocenters. The van der Waals surface area contributed by atoms with Gasteiger partial charge in [0, 0.05) is 35.4 Å². The van der Waals surface area contributed by atoms with E-state index in [9.17, 15) is 9.59 Å². The molecule has 0 aliphatic heterocycles. The van der Waals surface area contributed by atoms with Crippen molar-refractivity contribution in [1.82, 2.24) is 20.2 Å². The molecule has 0 saturated heterocycles. The fraction of sp³-hybridized carbons (Fsp3) is 0.562. The lowest BCUT2D eigenvalue weighted by atomic mass is 9.90. The molecule has 3 heterocycles. The minimum absolute atomic E-state index is 0.213. The minimum Gasteiger partial charge on any atom is -0.494 e. The molecule has 0 radical (unpaired) electrons. The summed E-state index contributed by atoms with van der Waals surface area (Å²) in [5.74, 6) is 3.81. The van der Waals surface area contributed by atoms with E-state index in [2.05, 4.69) is 46.3 Å². The van der Waals surface area contributed by atoms with E-state index in [0.29, 0.717) is 32.7 Å². The van der Waals surface area contributed by atoms with E-state index in [1.54, 1.807) is 32.5 Å². The summed E-state index contributed by atoms with van der Waals surface area (Å²) in [6.07, 6.45) is 9.02. The SMILES string of the molecule is CC(=O)C(C)C.CCC1CC(C(C)C)CC1CCc1nnc(NC(=O)c2cnc(C)cc2-c2cc(Cl)ncc2OC)s1. The molecule has 3 aromatic heterocycles. The van der Waals surface area contributed by atoms with Crippen molar-refractivity contribution < 1.29 is 14.3 Å². The molecule has 1 amide bonds. The Morgan fingerprint density at radius 3 is 2.38 bits per heavy atom. The lowest BCUT2D eigenvalue weighted by Gasteiger charge is -2.16. The average molecular weight is 614 g/mol. The Hall–Kier alpha value is -2.91. The van der Waals surface area contributed by atoms with Crippen LogP contribution in [0.3, 0.4) is 0 Å². The second kappa shape index (κ2) is 15.5. The van der Waals surface area contributed by atoms with Gasteiger partial charge in [0.15, 0.2) is 0 Å². The van der Waals surface area contributed by atoms with Crippen molar-refractivity contribution in [2.75, 3.05) is 12.4 Å². The summed E-state index contributed by atoms with van der Waals surface area (Å²) in [7, 11) is 1.56. The van der Waals surface area contributed by atoms with Crippen molar-refractivity contribution in [3.63, 3.8) is 0 Å². The molecule has 10 heteroatoms. The molecule has 42 heavy (non-hydrogen) atoms. The van der Waals surface area contributed by atoms with E-state index in [4.69, 9.17) is 16.3 Å². The number of nitrogens with zero attached hydrogens (tertiary/aromatic N) is 4. The first kappa shape index (κ1) is 33.6. The van der Waals surface area contributed by atoms with Crippen molar-refractivity contribution in [2.45, 2.75) is 80.6 Å². The van der Waals surface area contributed by atoms with Gasteiger partial charge in [-0.25, -0.2) is 4.98 Å². The van der Waals surface area contributed by atoms with E-state index in [0.717, 1.165) is 47.2 Å². The number of methoxy groups -OCH3 is 1. The van der Waals surface area contributed by atoms with Crippen molar-refractivity contribution in [3.8, 4) is 16.9 Å². The molecule has 0 aromatic carbocycles. The fourth-order valence-corrected chi connectivity index (χ4v) is 6.20. The number of halogens is 1. The highest BCUT2D eigenvalue weighted by Gasteiger charge is 2.34. The molecule has 3 aromatic rings. The molecular weight excluding hydrogens is 570 g/mol. The quantitative estimate of drug-likeness (QED) is 0.230. The molecule has 0 spiro atoms. The van der Waals surface area contributed by atoms with Crippen LogP contribution in [0.2, 0.25) is 5.15 Å². The van der Waals surface area contributed by atoms with E-state index >= 15 is 0 Å². The largest absolute Gasteiger partial charge is 0.494 e. The highest BCUT2D eigenvalue weighted by atomic mass is 35.5. The zero-order chi connectivity index (χ0) is 31.0. The third-order valence-electron chi connectivity index (χ3n) is 8.20. The Morgan fingerprint density at radius 2 is 1.76 bits per heavy atom. The van der Waals surface area contributed by atoms with Gasteiger partial charge in [-0.2, -0.15) is 0 Å². The number of Topliss-reactive ketones (excluding diaryl/α,β-unsaturated/α-hetero) is 1. The van der Waals surface area contributed by atoms with Crippen LogP contribution in [0.1, 0.15) is 88.3 Å². The fourth-order valence-electron chi connectivity index (χ4n) is 5.29. The van der Waals surface area contributed by atoms with Crippen LogP contribution in [0.5, 0.6) is 5.75 Å². The first-order valence-electron chi connectivity index (χ1n) is 14.7. The molecular formula is C32H44ClN5O3S. The minimum atomic E-state index is -0.309. The second-order valence-corrected chi connectivity index (χ2v) is 13.2. The number of ketones is 1. The molecule has 1 aliphatic carbocycles.